The van der Waals surface area contributed by atoms with E-state index in [9.17, 15) is 14.4 Å². The smallest absolute Gasteiger partial charge is 0.294 e. The Morgan fingerprint density at radius 2 is 1.79 bits per heavy atom. The van der Waals surface area contributed by atoms with E-state index in [1.807, 2.05) is 20.8 Å². The molecule has 224 valence electrons. The molecule has 0 spiro atoms. The molecule has 0 saturated heterocycles. The van der Waals surface area contributed by atoms with Gasteiger partial charge in [-0.1, -0.05) is 57.4 Å². The number of benzene rings is 2. The van der Waals surface area contributed by atoms with Crippen molar-refractivity contribution in [2.24, 2.45) is 11.7 Å². The third-order valence-electron chi connectivity index (χ3n) is 6.74. The minimum absolute atomic E-state index is 0.0354. The number of nitrogen functional groups attached to an aromatic ring is 2. The Bertz CT molecular complexity index is 1460. The van der Waals surface area contributed by atoms with Crippen LogP contribution < -0.4 is 33.0 Å². The highest BCUT2D eigenvalue weighted by atomic mass is 16.2. The Hall–Kier alpha value is -4.67. The highest BCUT2D eigenvalue weighted by molar-refractivity contribution is 5.95. The first-order valence-corrected chi connectivity index (χ1v) is 14.3. The second-order valence-electron chi connectivity index (χ2n) is 10.8. The van der Waals surface area contributed by atoms with Crippen LogP contribution in [0.3, 0.4) is 0 Å². The van der Waals surface area contributed by atoms with Gasteiger partial charge in [0.15, 0.2) is 5.82 Å². The van der Waals surface area contributed by atoms with Crippen LogP contribution in [0.5, 0.6) is 0 Å². The molecule has 3 rings (SSSR count). The molecule has 42 heavy (non-hydrogen) atoms. The van der Waals surface area contributed by atoms with E-state index in [0.29, 0.717) is 28.2 Å². The van der Waals surface area contributed by atoms with Crippen molar-refractivity contribution in [3.8, 4) is 11.3 Å². The Morgan fingerprint density at radius 1 is 1.07 bits per heavy atom. The Labute approximate surface area is 246 Å². The van der Waals surface area contributed by atoms with Crippen LogP contribution in [-0.4, -0.2) is 33.2 Å². The highest BCUT2D eigenvalue weighted by Gasteiger charge is 2.18. The maximum Gasteiger partial charge on any atom is 0.294 e. The molecule has 8 N–H and O–H groups in total. The molecular weight excluding hydrogens is 532 g/mol. The minimum atomic E-state index is -0.459. The average Bonchev–Trinajstić information content (AvgIpc) is 2.93. The predicted octanol–water partition coefficient (Wildman–Crippen LogP) is 4.07. The summed E-state index contributed by atoms with van der Waals surface area (Å²) in [5.41, 5.74) is 14.5. The number of rotatable bonds is 14. The van der Waals surface area contributed by atoms with E-state index in [4.69, 9.17) is 16.9 Å². The molecule has 1 atom stereocenters. The van der Waals surface area contributed by atoms with E-state index in [0.717, 1.165) is 31.2 Å². The van der Waals surface area contributed by atoms with Crippen LogP contribution in [0.15, 0.2) is 53.5 Å². The number of carbonyl (C=O) groups is 2. The molecule has 2 amide bonds. The van der Waals surface area contributed by atoms with Crippen LogP contribution >= 0.6 is 0 Å². The fourth-order valence-electron chi connectivity index (χ4n) is 4.42. The van der Waals surface area contributed by atoms with E-state index in [2.05, 4.69) is 27.9 Å². The van der Waals surface area contributed by atoms with Crippen molar-refractivity contribution < 1.29 is 9.59 Å². The molecule has 0 aliphatic heterocycles. The van der Waals surface area contributed by atoms with Crippen molar-refractivity contribution in [1.29, 1.82) is 5.41 Å². The normalized spacial score (nSPS) is 11.6. The lowest BCUT2D eigenvalue weighted by atomic mass is 10.0. The van der Waals surface area contributed by atoms with Crippen LogP contribution in [0, 0.1) is 11.3 Å². The van der Waals surface area contributed by atoms with Gasteiger partial charge in [0, 0.05) is 41.0 Å². The van der Waals surface area contributed by atoms with E-state index >= 15 is 0 Å². The summed E-state index contributed by atoms with van der Waals surface area (Å²) in [6, 6.07) is 12.0. The van der Waals surface area contributed by atoms with Crippen molar-refractivity contribution in [2.45, 2.75) is 72.5 Å². The van der Waals surface area contributed by atoms with Crippen LogP contribution in [0.2, 0.25) is 0 Å². The Kier molecular flexibility index (Phi) is 11.2. The van der Waals surface area contributed by atoms with Gasteiger partial charge in [-0.25, -0.2) is 4.98 Å². The molecule has 0 saturated carbocycles. The van der Waals surface area contributed by atoms with Gasteiger partial charge < -0.3 is 27.4 Å². The molecule has 1 heterocycles. The van der Waals surface area contributed by atoms with Gasteiger partial charge in [-0.15, -0.1) is 0 Å². The standard InChI is InChI=1S/C31H42N8O3/c1-5-6-7-8-20(4)30(41)38-25-14-23(13-24(32)15-25)26-17-36-29(37-19(2)3)31(42)39(26)18-27(40)35-16-21-9-11-22(12-10-21)28(33)34/h9-15,17,19-20H,5-8,16,18,32H2,1-4H3,(H3,33,34)(H,35,40)(H,36,37)(H,38,41). The lowest BCUT2D eigenvalue weighted by molar-refractivity contribution is -0.122. The fourth-order valence-corrected chi connectivity index (χ4v) is 4.42. The summed E-state index contributed by atoms with van der Waals surface area (Å²) in [6.07, 6.45) is 5.45. The Morgan fingerprint density at radius 3 is 2.43 bits per heavy atom. The molecule has 11 nitrogen and oxygen atoms in total. The predicted molar refractivity (Wildman–Crippen MR) is 168 cm³/mol. The summed E-state index contributed by atoms with van der Waals surface area (Å²) in [4.78, 5) is 43.7. The van der Waals surface area contributed by atoms with E-state index < -0.39 is 5.56 Å². The zero-order valence-electron chi connectivity index (χ0n) is 24.8. The van der Waals surface area contributed by atoms with Gasteiger partial charge in [-0.2, -0.15) is 0 Å². The topological polar surface area (TPSA) is 181 Å². The number of anilines is 3. The molecule has 0 radical (unpaired) electrons. The first kappa shape index (κ1) is 31.9. The quantitative estimate of drug-likeness (QED) is 0.0726. The molecule has 0 fully saturated rings. The molecule has 0 aliphatic carbocycles. The van der Waals surface area contributed by atoms with Crippen LogP contribution in [0.4, 0.5) is 17.2 Å². The second-order valence-corrected chi connectivity index (χ2v) is 10.8. The van der Waals surface area contributed by atoms with Crippen LogP contribution in [0.1, 0.15) is 64.5 Å². The largest absolute Gasteiger partial charge is 0.399 e. The zero-order valence-corrected chi connectivity index (χ0v) is 24.8. The number of hydrogen-bond donors (Lipinski definition) is 6. The minimum Gasteiger partial charge on any atom is -0.399 e. The van der Waals surface area contributed by atoms with Crippen molar-refractivity contribution in [2.75, 3.05) is 16.4 Å². The van der Waals surface area contributed by atoms with Gasteiger partial charge in [0.1, 0.15) is 12.4 Å². The van der Waals surface area contributed by atoms with E-state index in [1.54, 1.807) is 42.5 Å². The van der Waals surface area contributed by atoms with Gasteiger partial charge in [0.2, 0.25) is 11.8 Å². The van der Waals surface area contributed by atoms with Gasteiger partial charge in [-0.3, -0.25) is 24.4 Å². The van der Waals surface area contributed by atoms with Gasteiger partial charge >= 0.3 is 0 Å². The van der Waals surface area contributed by atoms with Gasteiger partial charge in [0.05, 0.1) is 11.9 Å². The molecule has 11 heteroatoms. The molecule has 0 aliphatic rings. The van der Waals surface area contributed by atoms with Crippen molar-refractivity contribution in [3.63, 3.8) is 0 Å². The van der Waals surface area contributed by atoms with E-state index in [-0.39, 0.29) is 48.5 Å². The van der Waals surface area contributed by atoms with Gasteiger partial charge in [0.25, 0.3) is 5.56 Å². The number of amides is 2. The number of amidine groups is 1. The number of hydrogen-bond acceptors (Lipinski definition) is 7. The number of unbranched alkanes of at least 4 members (excludes halogenated alkanes) is 2. The third-order valence-corrected chi connectivity index (χ3v) is 6.74. The highest BCUT2D eigenvalue weighted by Crippen LogP contribution is 2.26. The lowest BCUT2D eigenvalue weighted by Crippen LogP contribution is -2.35. The summed E-state index contributed by atoms with van der Waals surface area (Å²) in [7, 11) is 0. The summed E-state index contributed by atoms with van der Waals surface area (Å²) < 4.78 is 1.35. The molecule has 2 aromatic carbocycles. The first-order chi connectivity index (χ1) is 20.0. The lowest BCUT2D eigenvalue weighted by Gasteiger charge is -2.18. The molecule has 1 aromatic heterocycles. The maximum atomic E-state index is 13.5. The second kappa shape index (κ2) is 14.8. The molecular formula is C31H42N8O3. The van der Waals surface area contributed by atoms with Crippen LogP contribution in [0.25, 0.3) is 11.3 Å². The van der Waals surface area contributed by atoms with Crippen LogP contribution in [-0.2, 0) is 22.7 Å². The molecule has 1 unspecified atom stereocenters. The van der Waals surface area contributed by atoms with Crippen molar-refractivity contribution >= 4 is 34.8 Å². The summed E-state index contributed by atoms with van der Waals surface area (Å²) in [6.45, 7) is 7.77. The number of nitrogens with two attached hydrogens (primary N) is 2. The maximum absolute atomic E-state index is 13.5. The number of nitrogens with zero attached hydrogens (tertiary/aromatic N) is 2. The number of nitrogens with one attached hydrogen (secondary N) is 4. The van der Waals surface area contributed by atoms with Crippen molar-refractivity contribution in [3.05, 3.63) is 70.1 Å². The SMILES string of the molecule is CCCCCC(C)C(=O)Nc1cc(N)cc(-c2cnc(NC(C)C)c(=O)n2CC(=O)NCc2ccc(C(=N)N)cc2)c1. The molecule has 0 bridgehead atoms. The first-order valence-electron chi connectivity index (χ1n) is 14.3. The Balaban J connectivity index is 1.88. The van der Waals surface area contributed by atoms with Crippen molar-refractivity contribution in [1.82, 2.24) is 14.9 Å². The number of carbonyl (C=O) groups excluding carboxylic acids is 2. The summed E-state index contributed by atoms with van der Waals surface area (Å²) >= 11 is 0. The van der Waals surface area contributed by atoms with Gasteiger partial charge in [-0.05, 0) is 44.0 Å². The summed E-state index contributed by atoms with van der Waals surface area (Å²) in [5, 5.41) is 16.3. The third kappa shape index (κ3) is 8.92. The molecule has 3 aromatic rings. The zero-order chi connectivity index (χ0) is 30.8. The number of aromatic nitrogens is 2. The fraction of sp³-hybridized carbons (Fsp3) is 0.387. The summed E-state index contributed by atoms with van der Waals surface area (Å²) in [5.74, 6) is -0.559. The monoisotopic (exact) mass is 574 g/mol. The average molecular weight is 575 g/mol. The van der Waals surface area contributed by atoms with E-state index in [1.165, 1.54) is 10.8 Å².